The lowest BCUT2D eigenvalue weighted by atomic mass is 10.1. The highest BCUT2D eigenvalue weighted by atomic mass is 32.1. The number of aromatic nitrogens is 2. The van der Waals surface area contributed by atoms with E-state index in [0.29, 0.717) is 11.7 Å². The van der Waals surface area contributed by atoms with Gasteiger partial charge in [-0.05, 0) is 18.9 Å². The van der Waals surface area contributed by atoms with Gasteiger partial charge in [-0.3, -0.25) is 4.79 Å². The van der Waals surface area contributed by atoms with Crippen LogP contribution >= 0.6 is 11.3 Å². The van der Waals surface area contributed by atoms with Crippen molar-refractivity contribution >= 4 is 35.7 Å². The maximum absolute atomic E-state index is 12.7. The molecule has 6 heteroatoms. The van der Waals surface area contributed by atoms with E-state index in [1.807, 2.05) is 24.3 Å². The van der Waals surface area contributed by atoms with E-state index >= 15 is 0 Å². The van der Waals surface area contributed by atoms with Gasteiger partial charge in [0.15, 0.2) is 0 Å². The smallest absolute Gasteiger partial charge is 0.268 e. The molecule has 0 radical (unpaired) electrons. The average Bonchev–Trinajstić information content (AvgIpc) is 3.14. The molecule has 1 aliphatic rings. The van der Waals surface area contributed by atoms with Crippen LogP contribution in [-0.4, -0.2) is 30.0 Å². The Labute approximate surface area is 159 Å². The van der Waals surface area contributed by atoms with Gasteiger partial charge in [-0.15, -0.1) is 11.3 Å². The van der Waals surface area contributed by atoms with Crippen molar-refractivity contribution in [2.24, 2.45) is 0 Å². The molecule has 0 spiro atoms. The molecule has 1 atom stereocenters. The van der Waals surface area contributed by atoms with Gasteiger partial charge in [-0.2, -0.15) is 0 Å². The van der Waals surface area contributed by atoms with Crippen LogP contribution in [0.25, 0.3) is 20.9 Å². The molecule has 2 aromatic heterocycles. The van der Waals surface area contributed by atoms with E-state index in [2.05, 4.69) is 40.5 Å². The van der Waals surface area contributed by atoms with Gasteiger partial charge in [-0.1, -0.05) is 61.9 Å². The van der Waals surface area contributed by atoms with Gasteiger partial charge < -0.3 is 10.3 Å². The van der Waals surface area contributed by atoms with Crippen molar-refractivity contribution < 1.29 is 4.79 Å². The van der Waals surface area contributed by atoms with Gasteiger partial charge in [0.05, 0.1) is 4.70 Å². The molecule has 3 heterocycles. The maximum Gasteiger partial charge on any atom is 0.268 e. The number of nitrogens with zero attached hydrogens (tertiary/aromatic N) is 1. The molecule has 4 rings (SSSR count). The molecule has 1 fully saturated rings. The second-order valence-electron chi connectivity index (χ2n) is 8.05. The molecule has 4 nitrogen and oxygen atoms in total. The SMILES string of the molecule is C[Si]1(C)CCC[C@H](NC(=O)c2cc3sc(-c4ccccc4)nc3[nH]2)CC1. The summed E-state index contributed by atoms with van der Waals surface area (Å²) < 4.78 is 1.03. The third-order valence-corrected chi connectivity index (χ3v) is 9.76. The molecule has 2 N–H and O–H groups in total. The van der Waals surface area contributed by atoms with E-state index < -0.39 is 8.07 Å². The fraction of sp³-hybridized carbons (Fsp3) is 0.400. The summed E-state index contributed by atoms with van der Waals surface area (Å²) in [6, 6.07) is 15.1. The largest absolute Gasteiger partial charge is 0.348 e. The number of aromatic amines is 1. The first kappa shape index (κ1) is 17.5. The average molecular weight is 384 g/mol. The lowest BCUT2D eigenvalue weighted by Crippen LogP contribution is -2.35. The highest BCUT2D eigenvalue weighted by molar-refractivity contribution is 7.21. The zero-order valence-electron chi connectivity index (χ0n) is 15.3. The first-order valence-corrected chi connectivity index (χ1v) is 13.6. The molecule has 3 aromatic rings. The fourth-order valence-electron chi connectivity index (χ4n) is 3.71. The van der Waals surface area contributed by atoms with Crippen LogP contribution in [0.1, 0.15) is 29.8 Å². The zero-order chi connectivity index (χ0) is 18.1. The number of nitrogens with one attached hydrogen (secondary N) is 2. The topological polar surface area (TPSA) is 57.8 Å². The van der Waals surface area contributed by atoms with E-state index in [-0.39, 0.29) is 5.91 Å². The van der Waals surface area contributed by atoms with E-state index in [0.717, 1.165) is 33.8 Å². The minimum Gasteiger partial charge on any atom is -0.348 e. The molecule has 0 unspecified atom stereocenters. The second-order valence-corrected chi connectivity index (χ2v) is 14.4. The van der Waals surface area contributed by atoms with Crippen LogP contribution in [0.15, 0.2) is 36.4 Å². The van der Waals surface area contributed by atoms with Crippen LogP contribution in [0.5, 0.6) is 0 Å². The van der Waals surface area contributed by atoms with E-state index in [4.69, 9.17) is 0 Å². The summed E-state index contributed by atoms with van der Waals surface area (Å²) >= 11 is 1.62. The minimum atomic E-state index is -1.03. The number of carbonyl (C=O) groups is 1. The number of rotatable bonds is 3. The molecule has 1 aliphatic heterocycles. The minimum absolute atomic E-state index is 0.00262. The van der Waals surface area contributed by atoms with Crippen molar-refractivity contribution in [3.63, 3.8) is 0 Å². The first-order chi connectivity index (χ1) is 12.5. The van der Waals surface area contributed by atoms with E-state index in [9.17, 15) is 4.79 Å². The normalized spacial score (nSPS) is 20.0. The summed E-state index contributed by atoms with van der Waals surface area (Å²) in [6.45, 7) is 4.93. The Balaban J connectivity index is 1.47. The third kappa shape index (κ3) is 3.76. The van der Waals surface area contributed by atoms with Gasteiger partial charge in [0.25, 0.3) is 5.91 Å². The van der Waals surface area contributed by atoms with Crippen LogP contribution < -0.4 is 5.32 Å². The number of hydrogen-bond acceptors (Lipinski definition) is 3. The van der Waals surface area contributed by atoms with Crippen molar-refractivity contribution in [1.29, 1.82) is 0 Å². The number of hydrogen-bond donors (Lipinski definition) is 2. The van der Waals surface area contributed by atoms with Crippen molar-refractivity contribution in [1.82, 2.24) is 15.3 Å². The molecule has 1 aromatic carbocycles. The van der Waals surface area contributed by atoms with Crippen molar-refractivity contribution in [2.75, 3.05) is 0 Å². The number of carbonyl (C=O) groups excluding carboxylic acids is 1. The number of benzene rings is 1. The highest BCUT2D eigenvalue weighted by Gasteiger charge is 2.27. The third-order valence-electron chi connectivity index (χ3n) is 5.36. The highest BCUT2D eigenvalue weighted by Crippen LogP contribution is 2.31. The van der Waals surface area contributed by atoms with Gasteiger partial charge >= 0.3 is 0 Å². The maximum atomic E-state index is 12.7. The summed E-state index contributed by atoms with van der Waals surface area (Å²) in [6.07, 6.45) is 3.47. The Kier molecular flexibility index (Phi) is 4.71. The molecule has 1 saturated heterocycles. The van der Waals surface area contributed by atoms with Crippen molar-refractivity contribution in [3.8, 4) is 10.6 Å². The van der Waals surface area contributed by atoms with E-state index in [1.165, 1.54) is 18.5 Å². The quantitative estimate of drug-likeness (QED) is 0.604. The van der Waals surface area contributed by atoms with Gasteiger partial charge in [0, 0.05) is 19.7 Å². The monoisotopic (exact) mass is 383 g/mol. The Morgan fingerprint density at radius 1 is 1.23 bits per heavy atom. The van der Waals surface area contributed by atoms with E-state index in [1.54, 1.807) is 11.3 Å². The van der Waals surface area contributed by atoms with Gasteiger partial charge in [-0.25, -0.2) is 4.98 Å². The summed E-state index contributed by atoms with van der Waals surface area (Å²) in [5, 5.41) is 4.22. The second kappa shape index (κ2) is 7.00. The number of fused-ring (bicyclic) bond motifs is 1. The Morgan fingerprint density at radius 3 is 2.81 bits per heavy atom. The number of H-pyrrole nitrogens is 1. The molecule has 0 aliphatic carbocycles. The lowest BCUT2D eigenvalue weighted by Gasteiger charge is -2.19. The summed E-state index contributed by atoms with van der Waals surface area (Å²) in [4.78, 5) is 20.5. The van der Waals surface area contributed by atoms with Crippen LogP contribution in [0.4, 0.5) is 0 Å². The van der Waals surface area contributed by atoms with Crippen LogP contribution in [0.2, 0.25) is 25.2 Å². The summed E-state index contributed by atoms with van der Waals surface area (Å²) in [7, 11) is -1.03. The van der Waals surface area contributed by atoms with Crippen LogP contribution in [0.3, 0.4) is 0 Å². The van der Waals surface area contributed by atoms with Gasteiger partial charge in [0.2, 0.25) is 0 Å². The number of thiazole rings is 1. The van der Waals surface area contributed by atoms with Crippen molar-refractivity contribution in [2.45, 2.75) is 50.5 Å². The molecular weight excluding hydrogens is 358 g/mol. The first-order valence-electron chi connectivity index (χ1n) is 9.36. The predicted octanol–water partition coefficient (Wildman–Crippen LogP) is 5.28. The lowest BCUT2D eigenvalue weighted by molar-refractivity contribution is 0.0930. The fourth-order valence-corrected chi connectivity index (χ4v) is 7.22. The number of amides is 1. The Morgan fingerprint density at radius 2 is 2.04 bits per heavy atom. The predicted molar refractivity (Wildman–Crippen MR) is 112 cm³/mol. The Hall–Kier alpha value is -1.92. The molecule has 1 amide bonds. The van der Waals surface area contributed by atoms with Gasteiger partial charge in [0.1, 0.15) is 16.3 Å². The standard InChI is InChI=1S/C20H25N3OSSi/c1-26(2)11-6-9-15(10-12-26)21-19(24)16-13-17-18(22-16)23-20(25-17)14-7-4-3-5-8-14/h3-5,7-8,13,15,22H,6,9-12H2,1-2H3,(H,21,24)/t15-/m0/s1. The van der Waals surface area contributed by atoms with Crippen LogP contribution in [0, 0.1) is 0 Å². The molecule has 0 bridgehead atoms. The Bertz CT molecular complexity index is 884. The van der Waals surface area contributed by atoms with Crippen molar-refractivity contribution in [3.05, 3.63) is 42.1 Å². The molecule has 26 heavy (non-hydrogen) atoms. The summed E-state index contributed by atoms with van der Waals surface area (Å²) in [5.74, 6) is 0.00262. The summed E-state index contributed by atoms with van der Waals surface area (Å²) in [5.41, 5.74) is 2.53. The molecule has 0 saturated carbocycles. The molecular formula is C20H25N3OSSi. The van der Waals surface area contributed by atoms with Crippen LogP contribution in [-0.2, 0) is 0 Å². The molecule has 136 valence electrons. The zero-order valence-corrected chi connectivity index (χ0v) is 17.2.